The fourth-order valence-corrected chi connectivity index (χ4v) is 1.61. The van der Waals surface area contributed by atoms with E-state index >= 15 is 0 Å². The molecule has 0 radical (unpaired) electrons. The number of ether oxygens (including phenoxy) is 1. The number of amides is 1. The van der Waals surface area contributed by atoms with Crippen molar-refractivity contribution in [2.75, 3.05) is 33.3 Å². The summed E-state index contributed by atoms with van der Waals surface area (Å²) in [5.74, 6) is 0.589. The van der Waals surface area contributed by atoms with Gasteiger partial charge in [-0.15, -0.1) is 12.4 Å². The Labute approximate surface area is 97.8 Å². The van der Waals surface area contributed by atoms with Gasteiger partial charge in [-0.2, -0.15) is 0 Å². The molecule has 90 valence electrons. The molecule has 0 aliphatic carbocycles. The average molecular weight is 237 g/mol. The summed E-state index contributed by atoms with van der Waals surface area (Å²) in [4.78, 5) is 13.5. The topological polar surface area (TPSA) is 41.6 Å². The largest absolute Gasteiger partial charge is 0.366 e. The molecular weight excluding hydrogens is 216 g/mol. The quantitative estimate of drug-likeness (QED) is 0.777. The molecule has 15 heavy (non-hydrogen) atoms. The zero-order chi connectivity index (χ0) is 10.6. The first-order valence-corrected chi connectivity index (χ1v) is 5.18. The van der Waals surface area contributed by atoms with E-state index in [1.807, 2.05) is 7.05 Å². The SMILES string of the molecule is CC(C)CN(C)C(=O)[C@@H]1CNCCO1.Cl. The lowest BCUT2D eigenvalue weighted by atomic mass is 10.2. The molecule has 0 aromatic carbocycles. The zero-order valence-electron chi connectivity index (χ0n) is 9.66. The molecule has 0 unspecified atom stereocenters. The number of hydrogen-bond acceptors (Lipinski definition) is 3. The summed E-state index contributed by atoms with van der Waals surface area (Å²) in [6, 6.07) is 0. The smallest absolute Gasteiger partial charge is 0.252 e. The second-order valence-corrected chi connectivity index (χ2v) is 4.18. The summed E-state index contributed by atoms with van der Waals surface area (Å²) < 4.78 is 5.39. The molecule has 0 aromatic rings. The molecule has 1 atom stereocenters. The number of carbonyl (C=O) groups is 1. The van der Waals surface area contributed by atoms with Gasteiger partial charge in [0.15, 0.2) is 0 Å². The molecule has 0 saturated carbocycles. The molecular formula is C10H21ClN2O2. The van der Waals surface area contributed by atoms with Crippen LogP contribution in [0.15, 0.2) is 0 Å². The van der Waals surface area contributed by atoms with Crippen LogP contribution in [0.3, 0.4) is 0 Å². The summed E-state index contributed by atoms with van der Waals surface area (Å²) in [6.07, 6.45) is -0.285. The van der Waals surface area contributed by atoms with Gasteiger partial charge in [0.2, 0.25) is 0 Å². The first-order valence-electron chi connectivity index (χ1n) is 5.18. The molecule has 1 rings (SSSR count). The van der Waals surface area contributed by atoms with Crippen molar-refractivity contribution in [1.82, 2.24) is 10.2 Å². The van der Waals surface area contributed by atoms with Gasteiger partial charge in [-0.3, -0.25) is 4.79 Å². The molecule has 0 bridgehead atoms. The van der Waals surface area contributed by atoms with E-state index in [0.29, 0.717) is 19.1 Å². The van der Waals surface area contributed by atoms with Crippen LogP contribution in [-0.2, 0) is 9.53 Å². The summed E-state index contributed by atoms with van der Waals surface area (Å²) >= 11 is 0. The maximum Gasteiger partial charge on any atom is 0.252 e. The number of carbonyl (C=O) groups excluding carboxylic acids is 1. The number of hydrogen-bond donors (Lipinski definition) is 1. The highest BCUT2D eigenvalue weighted by Gasteiger charge is 2.24. The van der Waals surface area contributed by atoms with Gasteiger partial charge >= 0.3 is 0 Å². The molecule has 1 N–H and O–H groups in total. The third-order valence-corrected chi connectivity index (χ3v) is 2.22. The minimum Gasteiger partial charge on any atom is -0.366 e. The Bertz CT molecular complexity index is 194. The van der Waals surface area contributed by atoms with E-state index in [4.69, 9.17) is 4.74 Å². The van der Waals surface area contributed by atoms with Crippen molar-refractivity contribution in [3.8, 4) is 0 Å². The van der Waals surface area contributed by atoms with E-state index in [1.54, 1.807) is 4.90 Å². The molecule has 5 heteroatoms. The zero-order valence-corrected chi connectivity index (χ0v) is 10.5. The van der Waals surface area contributed by atoms with E-state index in [-0.39, 0.29) is 24.4 Å². The van der Waals surface area contributed by atoms with Crippen molar-refractivity contribution < 1.29 is 9.53 Å². The number of rotatable bonds is 3. The van der Waals surface area contributed by atoms with Crippen LogP contribution in [0.4, 0.5) is 0 Å². The lowest BCUT2D eigenvalue weighted by Crippen LogP contribution is -2.49. The summed E-state index contributed by atoms with van der Waals surface area (Å²) in [5, 5.41) is 3.15. The average Bonchev–Trinajstić information content (AvgIpc) is 2.17. The van der Waals surface area contributed by atoms with Crippen LogP contribution < -0.4 is 5.32 Å². The standard InChI is InChI=1S/C10H20N2O2.ClH/c1-8(2)7-12(3)10(13)9-6-11-4-5-14-9;/h8-9,11H,4-7H2,1-3H3;1H/t9-;/m0./s1. The molecule has 1 heterocycles. The number of nitrogens with zero attached hydrogens (tertiary/aromatic N) is 1. The molecule has 0 aromatic heterocycles. The second kappa shape index (κ2) is 7.04. The van der Waals surface area contributed by atoms with Crippen LogP contribution in [0.2, 0.25) is 0 Å². The fraction of sp³-hybridized carbons (Fsp3) is 0.900. The van der Waals surface area contributed by atoms with Crippen LogP contribution in [0, 0.1) is 5.92 Å². The highest BCUT2D eigenvalue weighted by molar-refractivity contribution is 5.85. The minimum absolute atomic E-state index is 0. The van der Waals surface area contributed by atoms with Gasteiger partial charge in [0.05, 0.1) is 6.61 Å². The van der Waals surface area contributed by atoms with E-state index in [0.717, 1.165) is 13.1 Å². The highest BCUT2D eigenvalue weighted by Crippen LogP contribution is 2.03. The van der Waals surface area contributed by atoms with Crippen LogP contribution >= 0.6 is 12.4 Å². The van der Waals surface area contributed by atoms with Gasteiger partial charge in [-0.05, 0) is 5.92 Å². The van der Waals surface area contributed by atoms with Crippen molar-refractivity contribution in [2.24, 2.45) is 5.92 Å². The molecule has 1 amide bonds. The van der Waals surface area contributed by atoms with Gasteiger partial charge < -0.3 is 15.0 Å². The lowest BCUT2D eigenvalue weighted by Gasteiger charge is -2.28. The molecule has 1 aliphatic heterocycles. The van der Waals surface area contributed by atoms with E-state index in [2.05, 4.69) is 19.2 Å². The number of likely N-dealkylation sites (N-methyl/N-ethyl adjacent to an activating group) is 1. The van der Waals surface area contributed by atoms with E-state index in [1.165, 1.54) is 0 Å². The Morgan fingerprint density at radius 2 is 2.27 bits per heavy atom. The Kier molecular flexibility index (Phi) is 6.89. The van der Waals surface area contributed by atoms with Gasteiger partial charge in [0.25, 0.3) is 5.91 Å². The van der Waals surface area contributed by atoms with Crippen molar-refractivity contribution in [1.29, 1.82) is 0 Å². The first kappa shape index (κ1) is 14.7. The van der Waals surface area contributed by atoms with Gasteiger partial charge in [0.1, 0.15) is 6.10 Å². The molecule has 4 nitrogen and oxygen atoms in total. The number of morpholine rings is 1. The minimum atomic E-state index is -0.285. The fourth-order valence-electron chi connectivity index (χ4n) is 1.61. The highest BCUT2D eigenvalue weighted by atomic mass is 35.5. The van der Waals surface area contributed by atoms with Crippen LogP contribution in [0.1, 0.15) is 13.8 Å². The monoisotopic (exact) mass is 236 g/mol. The Morgan fingerprint density at radius 3 is 2.73 bits per heavy atom. The van der Waals surface area contributed by atoms with Crippen LogP contribution in [0.25, 0.3) is 0 Å². The maximum absolute atomic E-state index is 11.8. The van der Waals surface area contributed by atoms with Crippen molar-refractivity contribution in [3.63, 3.8) is 0 Å². The first-order chi connectivity index (χ1) is 6.61. The molecule has 1 saturated heterocycles. The Balaban J connectivity index is 0.00000196. The van der Waals surface area contributed by atoms with Gasteiger partial charge in [0, 0.05) is 26.7 Å². The summed E-state index contributed by atoms with van der Waals surface area (Å²) in [6.45, 7) is 7.11. The van der Waals surface area contributed by atoms with Gasteiger partial charge in [-0.1, -0.05) is 13.8 Å². The predicted molar refractivity (Wildman–Crippen MR) is 62.3 cm³/mol. The Morgan fingerprint density at radius 1 is 1.60 bits per heavy atom. The number of halogens is 1. The maximum atomic E-state index is 11.8. The second-order valence-electron chi connectivity index (χ2n) is 4.18. The molecule has 1 fully saturated rings. The summed E-state index contributed by atoms with van der Waals surface area (Å²) in [7, 11) is 1.83. The van der Waals surface area contributed by atoms with Crippen LogP contribution in [-0.4, -0.2) is 50.2 Å². The third kappa shape index (κ3) is 4.82. The van der Waals surface area contributed by atoms with Crippen molar-refractivity contribution in [3.05, 3.63) is 0 Å². The lowest BCUT2D eigenvalue weighted by molar-refractivity contribution is -0.144. The predicted octanol–water partition coefficient (Wildman–Crippen LogP) is 0.511. The van der Waals surface area contributed by atoms with Crippen LogP contribution in [0.5, 0.6) is 0 Å². The normalized spacial score (nSPS) is 20.9. The van der Waals surface area contributed by atoms with E-state index in [9.17, 15) is 4.79 Å². The van der Waals surface area contributed by atoms with E-state index < -0.39 is 0 Å². The molecule has 1 aliphatic rings. The Hall–Kier alpha value is -0.320. The van der Waals surface area contributed by atoms with Crippen molar-refractivity contribution >= 4 is 18.3 Å². The molecule has 0 spiro atoms. The summed E-state index contributed by atoms with van der Waals surface area (Å²) in [5.41, 5.74) is 0. The van der Waals surface area contributed by atoms with Gasteiger partial charge in [-0.25, -0.2) is 0 Å². The van der Waals surface area contributed by atoms with Crippen molar-refractivity contribution in [2.45, 2.75) is 20.0 Å². The third-order valence-electron chi connectivity index (χ3n) is 2.22. The number of nitrogens with one attached hydrogen (secondary N) is 1.